The lowest BCUT2D eigenvalue weighted by Gasteiger charge is -2.29. The van der Waals surface area contributed by atoms with Crippen LogP contribution in [0.3, 0.4) is 0 Å². The molecule has 19 heavy (non-hydrogen) atoms. The average molecular weight is 263 g/mol. The van der Waals surface area contributed by atoms with Crippen LogP contribution in [0.5, 0.6) is 0 Å². The second-order valence-electron chi connectivity index (χ2n) is 6.32. The molecule has 2 rings (SSSR count). The Morgan fingerprint density at radius 1 is 1.37 bits per heavy atom. The van der Waals surface area contributed by atoms with E-state index in [9.17, 15) is 0 Å². The fourth-order valence-corrected chi connectivity index (χ4v) is 2.38. The van der Waals surface area contributed by atoms with Crippen molar-refractivity contribution in [3.05, 3.63) is 12.4 Å². The van der Waals surface area contributed by atoms with E-state index in [1.165, 1.54) is 0 Å². The number of rotatable bonds is 3. The quantitative estimate of drug-likeness (QED) is 0.870. The van der Waals surface area contributed by atoms with E-state index >= 15 is 0 Å². The number of hydrogen-bond donors (Lipinski definition) is 2. The zero-order chi connectivity index (χ0) is 13.9. The van der Waals surface area contributed by atoms with Crippen molar-refractivity contribution in [1.82, 2.24) is 15.3 Å². The number of anilines is 2. The normalized spacial score (nSPS) is 19.3. The van der Waals surface area contributed by atoms with E-state index in [4.69, 9.17) is 0 Å². The lowest BCUT2D eigenvalue weighted by Crippen LogP contribution is -2.35. The summed E-state index contributed by atoms with van der Waals surface area (Å²) < 4.78 is 0. The molecule has 0 amide bonds. The molecule has 1 aliphatic heterocycles. The summed E-state index contributed by atoms with van der Waals surface area (Å²) in [6.07, 6.45) is 1.64. The molecular formula is C14H25N5. The highest BCUT2D eigenvalue weighted by molar-refractivity contribution is 5.49. The summed E-state index contributed by atoms with van der Waals surface area (Å²) in [5.41, 5.74) is 0.257. The first-order chi connectivity index (χ1) is 8.96. The minimum Gasteiger partial charge on any atom is -0.368 e. The summed E-state index contributed by atoms with van der Waals surface area (Å²) in [6.45, 7) is 12.8. The van der Waals surface area contributed by atoms with Gasteiger partial charge in [0.05, 0.1) is 0 Å². The molecule has 0 unspecified atom stereocenters. The molecule has 0 spiro atoms. The van der Waals surface area contributed by atoms with Gasteiger partial charge in [0, 0.05) is 38.3 Å². The van der Waals surface area contributed by atoms with Crippen LogP contribution in [-0.2, 0) is 0 Å². The maximum absolute atomic E-state index is 4.42. The van der Waals surface area contributed by atoms with Crippen molar-refractivity contribution >= 4 is 11.6 Å². The van der Waals surface area contributed by atoms with Crippen molar-refractivity contribution in [3.8, 4) is 0 Å². The van der Waals surface area contributed by atoms with Crippen molar-refractivity contribution in [3.63, 3.8) is 0 Å². The molecule has 0 saturated carbocycles. The van der Waals surface area contributed by atoms with Gasteiger partial charge in [-0.1, -0.05) is 13.8 Å². The molecular weight excluding hydrogens is 238 g/mol. The van der Waals surface area contributed by atoms with Gasteiger partial charge in [-0.25, -0.2) is 9.97 Å². The smallest absolute Gasteiger partial charge is 0.134 e. The average Bonchev–Trinajstić information content (AvgIpc) is 2.49. The minimum atomic E-state index is 0.257. The molecule has 0 aliphatic carbocycles. The van der Waals surface area contributed by atoms with Crippen LogP contribution in [0.15, 0.2) is 12.4 Å². The lowest BCUT2D eigenvalue weighted by atomic mass is 9.93. The second-order valence-corrected chi connectivity index (χ2v) is 6.32. The van der Waals surface area contributed by atoms with Gasteiger partial charge in [-0.3, -0.25) is 0 Å². The van der Waals surface area contributed by atoms with E-state index in [-0.39, 0.29) is 5.41 Å². The summed E-state index contributed by atoms with van der Waals surface area (Å²) in [7, 11) is 0. The number of nitrogens with zero attached hydrogens (tertiary/aromatic N) is 3. The van der Waals surface area contributed by atoms with Crippen LogP contribution in [0.25, 0.3) is 0 Å². The monoisotopic (exact) mass is 263 g/mol. The van der Waals surface area contributed by atoms with Gasteiger partial charge in [-0.2, -0.15) is 0 Å². The molecule has 1 aromatic rings. The third kappa shape index (κ3) is 4.06. The molecule has 1 saturated heterocycles. The van der Waals surface area contributed by atoms with Gasteiger partial charge in [0.15, 0.2) is 0 Å². The summed E-state index contributed by atoms with van der Waals surface area (Å²) in [5, 5.41) is 6.81. The third-order valence-corrected chi connectivity index (χ3v) is 3.19. The Morgan fingerprint density at radius 2 is 2.16 bits per heavy atom. The highest BCUT2D eigenvalue weighted by atomic mass is 15.2. The zero-order valence-corrected chi connectivity index (χ0v) is 12.4. The van der Waals surface area contributed by atoms with Crippen LogP contribution in [0.1, 0.15) is 27.7 Å². The number of aromatic nitrogens is 2. The first-order valence-corrected chi connectivity index (χ1v) is 7.00. The van der Waals surface area contributed by atoms with Gasteiger partial charge < -0.3 is 15.5 Å². The van der Waals surface area contributed by atoms with Crippen molar-refractivity contribution in [2.75, 3.05) is 36.4 Å². The summed E-state index contributed by atoms with van der Waals surface area (Å²) in [6, 6.07) is 2.42. The predicted octanol–water partition coefficient (Wildman–Crippen LogP) is 1.73. The van der Waals surface area contributed by atoms with Crippen LogP contribution in [0.4, 0.5) is 11.6 Å². The Hall–Kier alpha value is -1.36. The minimum absolute atomic E-state index is 0.257. The van der Waals surface area contributed by atoms with Crippen LogP contribution in [0, 0.1) is 5.41 Å². The van der Waals surface area contributed by atoms with Gasteiger partial charge in [-0.15, -0.1) is 0 Å². The second kappa shape index (κ2) is 5.74. The van der Waals surface area contributed by atoms with Crippen LogP contribution < -0.4 is 15.5 Å². The van der Waals surface area contributed by atoms with Gasteiger partial charge in [-0.05, 0) is 19.3 Å². The maximum atomic E-state index is 4.42. The SMILES string of the molecule is CC(C)Nc1cc(N2CCNCC(C)(C)C2)ncn1. The molecule has 1 aromatic heterocycles. The van der Waals surface area contributed by atoms with Crippen molar-refractivity contribution < 1.29 is 0 Å². The number of nitrogens with one attached hydrogen (secondary N) is 2. The van der Waals surface area contributed by atoms with E-state index in [0.717, 1.165) is 37.8 Å². The Bertz CT molecular complexity index is 416. The van der Waals surface area contributed by atoms with E-state index in [1.807, 2.05) is 6.07 Å². The number of hydrogen-bond acceptors (Lipinski definition) is 5. The molecule has 0 radical (unpaired) electrons. The molecule has 2 heterocycles. The maximum Gasteiger partial charge on any atom is 0.134 e. The molecule has 1 fully saturated rings. The summed E-state index contributed by atoms with van der Waals surface area (Å²) >= 11 is 0. The van der Waals surface area contributed by atoms with E-state index < -0.39 is 0 Å². The molecule has 0 aromatic carbocycles. The molecule has 0 bridgehead atoms. The first kappa shape index (κ1) is 14.1. The Morgan fingerprint density at radius 3 is 2.89 bits per heavy atom. The first-order valence-electron chi connectivity index (χ1n) is 7.00. The summed E-state index contributed by atoms with van der Waals surface area (Å²) in [5.74, 6) is 1.91. The lowest BCUT2D eigenvalue weighted by molar-refractivity contribution is 0.370. The fraction of sp³-hybridized carbons (Fsp3) is 0.714. The van der Waals surface area contributed by atoms with Gasteiger partial charge in [0.2, 0.25) is 0 Å². The summed E-state index contributed by atoms with van der Waals surface area (Å²) in [4.78, 5) is 11.0. The largest absolute Gasteiger partial charge is 0.368 e. The molecule has 5 nitrogen and oxygen atoms in total. The fourth-order valence-electron chi connectivity index (χ4n) is 2.38. The molecule has 106 valence electrons. The molecule has 2 N–H and O–H groups in total. The Labute approximate surface area is 115 Å². The Kier molecular flexibility index (Phi) is 4.24. The molecule has 1 aliphatic rings. The highest BCUT2D eigenvalue weighted by Gasteiger charge is 2.25. The van der Waals surface area contributed by atoms with E-state index in [0.29, 0.717) is 6.04 Å². The van der Waals surface area contributed by atoms with Crippen LogP contribution >= 0.6 is 0 Å². The van der Waals surface area contributed by atoms with E-state index in [1.54, 1.807) is 6.33 Å². The van der Waals surface area contributed by atoms with Crippen molar-refractivity contribution in [2.45, 2.75) is 33.7 Å². The topological polar surface area (TPSA) is 53.1 Å². The zero-order valence-electron chi connectivity index (χ0n) is 12.4. The molecule has 0 atom stereocenters. The van der Waals surface area contributed by atoms with Gasteiger partial charge in [0.25, 0.3) is 0 Å². The van der Waals surface area contributed by atoms with Crippen molar-refractivity contribution in [2.24, 2.45) is 5.41 Å². The standard InChI is InChI=1S/C14H25N5/c1-11(2)18-12-7-13(17-10-16-12)19-6-5-15-8-14(3,4)9-19/h7,10-11,15H,5-6,8-9H2,1-4H3,(H,16,17,18). The van der Waals surface area contributed by atoms with E-state index in [2.05, 4.69) is 53.2 Å². The molecule has 5 heteroatoms. The van der Waals surface area contributed by atoms with Crippen LogP contribution in [-0.4, -0.2) is 42.2 Å². The van der Waals surface area contributed by atoms with Gasteiger partial charge >= 0.3 is 0 Å². The highest BCUT2D eigenvalue weighted by Crippen LogP contribution is 2.23. The Balaban J connectivity index is 2.15. The van der Waals surface area contributed by atoms with Crippen LogP contribution in [0.2, 0.25) is 0 Å². The van der Waals surface area contributed by atoms with Crippen molar-refractivity contribution in [1.29, 1.82) is 0 Å². The third-order valence-electron chi connectivity index (χ3n) is 3.19. The predicted molar refractivity (Wildman–Crippen MR) is 79.7 cm³/mol. The van der Waals surface area contributed by atoms with Gasteiger partial charge in [0.1, 0.15) is 18.0 Å².